The summed E-state index contributed by atoms with van der Waals surface area (Å²) in [6.45, 7) is 0. The van der Waals surface area contributed by atoms with Gasteiger partial charge in [0.15, 0.2) is 5.78 Å². The average Bonchev–Trinajstić information content (AvgIpc) is 2.53. The first-order chi connectivity index (χ1) is 9.72. The quantitative estimate of drug-likeness (QED) is 0.485. The Morgan fingerprint density at radius 3 is 1.85 bits per heavy atom. The standard InChI is InChI=1S/C17H14O3/c1-20-17(19)15(13-8-4-2-5-9-13)12-16(18)14-10-6-3-7-11-14/h2-12H,1H3/b15-12-. The minimum absolute atomic E-state index is 0.227. The molecule has 0 saturated heterocycles. The summed E-state index contributed by atoms with van der Waals surface area (Å²) >= 11 is 0. The van der Waals surface area contributed by atoms with Gasteiger partial charge in [0, 0.05) is 11.6 Å². The van der Waals surface area contributed by atoms with Crippen LogP contribution in [0.25, 0.3) is 5.57 Å². The van der Waals surface area contributed by atoms with E-state index in [1.54, 1.807) is 48.5 Å². The van der Waals surface area contributed by atoms with Crippen LogP contribution in [0, 0.1) is 0 Å². The number of hydrogen-bond acceptors (Lipinski definition) is 3. The highest BCUT2D eigenvalue weighted by Gasteiger charge is 2.14. The molecule has 0 bridgehead atoms. The van der Waals surface area contributed by atoms with Gasteiger partial charge in [0.2, 0.25) is 0 Å². The van der Waals surface area contributed by atoms with Crippen LogP contribution in [-0.2, 0) is 9.53 Å². The fraction of sp³-hybridized carbons (Fsp3) is 0.0588. The second-order valence-corrected chi connectivity index (χ2v) is 4.15. The van der Waals surface area contributed by atoms with E-state index in [1.165, 1.54) is 13.2 Å². The molecule has 0 amide bonds. The van der Waals surface area contributed by atoms with Gasteiger partial charge in [-0.1, -0.05) is 60.7 Å². The van der Waals surface area contributed by atoms with Crippen LogP contribution in [0.3, 0.4) is 0 Å². The summed E-state index contributed by atoms with van der Waals surface area (Å²) in [6, 6.07) is 17.8. The minimum Gasteiger partial charge on any atom is -0.465 e. The normalized spacial score (nSPS) is 10.9. The first-order valence-corrected chi connectivity index (χ1v) is 6.17. The van der Waals surface area contributed by atoms with Crippen LogP contribution in [-0.4, -0.2) is 18.9 Å². The van der Waals surface area contributed by atoms with E-state index >= 15 is 0 Å². The molecule has 0 spiro atoms. The molecule has 0 unspecified atom stereocenters. The Morgan fingerprint density at radius 1 is 0.850 bits per heavy atom. The number of allylic oxidation sites excluding steroid dienone is 1. The first-order valence-electron chi connectivity index (χ1n) is 6.17. The van der Waals surface area contributed by atoms with Gasteiger partial charge in [-0.25, -0.2) is 4.79 Å². The lowest BCUT2D eigenvalue weighted by Gasteiger charge is -2.05. The lowest BCUT2D eigenvalue weighted by molar-refractivity contribution is -0.133. The minimum atomic E-state index is -0.527. The Hall–Kier alpha value is -2.68. The van der Waals surface area contributed by atoms with Gasteiger partial charge in [0.1, 0.15) is 0 Å². The Labute approximate surface area is 117 Å². The zero-order valence-electron chi connectivity index (χ0n) is 11.1. The molecule has 20 heavy (non-hydrogen) atoms. The SMILES string of the molecule is COC(=O)/C(=C\C(=O)c1ccccc1)c1ccccc1. The molecule has 3 heteroatoms. The molecule has 2 aromatic carbocycles. The van der Waals surface area contributed by atoms with Gasteiger partial charge < -0.3 is 4.74 Å². The van der Waals surface area contributed by atoms with E-state index in [0.29, 0.717) is 11.1 Å². The summed E-state index contributed by atoms with van der Waals surface area (Å²) in [5.41, 5.74) is 1.44. The number of rotatable bonds is 4. The van der Waals surface area contributed by atoms with Crippen LogP contribution in [0.5, 0.6) is 0 Å². The van der Waals surface area contributed by atoms with Gasteiger partial charge in [0.05, 0.1) is 12.7 Å². The predicted octanol–water partition coefficient (Wildman–Crippen LogP) is 3.13. The van der Waals surface area contributed by atoms with Gasteiger partial charge in [-0.3, -0.25) is 4.79 Å². The number of benzene rings is 2. The van der Waals surface area contributed by atoms with Crippen molar-refractivity contribution in [1.82, 2.24) is 0 Å². The largest absolute Gasteiger partial charge is 0.465 e. The molecule has 2 aromatic rings. The molecule has 0 aliphatic heterocycles. The fourth-order valence-corrected chi connectivity index (χ4v) is 1.80. The Morgan fingerprint density at radius 2 is 1.35 bits per heavy atom. The highest BCUT2D eigenvalue weighted by molar-refractivity contribution is 6.23. The first kappa shape index (κ1) is 13.7. The second-order valence-electron chi connectivity index (χ2n) is 4.15. The summed E-state index contributed by atoms with van der Waals surface area (Å²) in [7, 11) is 1.30. The van der Waals surface area contributed by atoms with E-state index in [0.717, 1.165) is 0 Å². The van der Waals surface area contributed by atoms with E-state index < -0.39 is 5.97 Å². The van der Waals surface area contributed by atoms with Crippen LogP contribution >= 0.6 is 0 Å². The molecule has 3 nitrogen and oxygen atoms in total. The number of carbonyl (C=O) groups is 2. The highest BCUT2D eigenvalue weighted by atomic mass is 16.5. The zero-order valence-corrected chi connectivity index (χ0v) is 11.1. The van der Waals surface area contributed by atoms with Gasteiger partial charge >= 0.3 is 5.97 Å². The van der Waals surface area contributed by atoms with E-state index in [-0.39, 0.29) is 11.4 Å². The monoisotopic (exact) mass is 266 g/mol. The van der Waals surface area contributed by atoms with Crippen LogP contribution in [0.2, 0.25) is 0 Å². The molecule has 0 fully saturated rings. The summed E-state index contributed by atoms with van der Waals surface area (Å²) in [6.07, 6.45) is 1.32. The third-order valence-electron chi connectivity index (χ3n) is 2.82. The topological polar surface area (TPSA) is 43.4 Å². The van der Waals surface area contributed by atoms with E-state index in [1.807, 2.05) is 12.1 Å². The van der Waals surface area contributed by atoms with Crippen molar-refractivity contribution in [3.63, 3.8) is 0 Å². The van der Waals surface area contributed by atoms with E-state index in [4.69, 9.17) is 4.74 Å². The van der Waals surface area contributed by atoms with E-state index in [9.17, 15) is 9.59 Å². The smallest absolute Gasteiger partial charge is 0.338 e. The van der Waals surface area contributed by atoms with Crippen molar-refractivity contribution in [3.8, 4) is 0 Å². The van der Waals surface area contributed by atoms with Crippen molar-refractivity contribution < 1.29 is 14.3 Å². The molecule has 2 rings (SSSR count). The number of ketones is 1. The molecule has 0 saturated carbocycles. The third-order valence-corrected chi connectivity index (χ3v) is 2.82. The molecular weight excluding hydrogens is 252 g/mol. The lowest BCUT2D eigenvalue weighted by Crippen LogP contribution is -2.07. The van der Waals surface area contributed by atoms with Crippen molar-refractivity contribution >= 4 is 17.3 Å². The lowest BCUT2D eigenvalue weighted by atomic mass is 10.0. The van der Waals surface area contributed by atoms with Crippen molar-refractivity contribution in [2.45, 2.75) is 0 Å². The van der Waals surface area contributed by atoms with Gasteiger partial charge in [-0.15, -0.1) is 0 Å². The number of carbonyl (C=O) groups excluding carboxylic acids is 2. The Bertz CT molecular complexity index is 628. The molecule has 0 atom stereocenters. The molecule has 0 radical (unpaired) electrons. The molecule has 0 aliphatic carbocycles. The predicted molar refractivity (Wildman–Crippen MR) is 77.2 cm³/mol. The molecular formula is C17H14O3. The summed E-state index contributed by atoms with van der Waals surface area (Å²) in [4.78, 5) is 24.0. The molecule has 100 valence electrons. The maximum absolute atomic E-state index is 12.2. The molecule has 0 aliphatic rings. The third kappa shape index (κ3) is 3.20. The maximum Gasteiger partial charge on any atom is 0.338 e. The number of ether oxygens (including phenoxy) is 1. The fourth-order valence-electron chi connectivity index (χ4n) is 1.80. The summed E-state index contributed by atoms with van der Waals surface area (Å²) < 4.78 is 4.74. The molecule has 0 heterocycles. The van der Waals surface area contributed by atoms with Crippen LogP contribution < -0.4 is 0 Å². The van der Waals surface area contributed by atoms with Gasteiger partial charge in [-0.2, -0.15) is 0 Å². The summed E-state index contributed by atoms with van der Waals surface area (Å²) in [5, 5.41) is 0. The maximum atomic E-state index is 12.2. The van der Waals surface area contributed by atoms with Crippen LogP contribution in [0.15, 0.2) is 66.7 Å². The number of methoxy groups -OCH3 is 1. The van der Waals surface area contributed by atoms with Crippen LogP contribution in [0.4, 0.5) is 0 Å². The van der Waals surface area contributed by atoms with E-state index in [2.05, 4.69) is 0 Å². The highest BCUT2D eigenvalue weighted by Crippen LogP contribution is 2.17. The van der Waals surface area contributed by atoms with Crippen molar-refractivity contribution in [3.05, 3.63) is 77.9 Å². The number of hydrogen-bond donors (Lipinski definition) is 0. The van der Waals surface area contributed by atoms with Crippen LogP contribution in [0.1, 0.15) is 15.9 Å². The average molecular weight is 266 g/mol. The van der Waals surface area contributed by atoms with Crippen molar-refractivity contribution in [1.29, 1.82) is 0 Å². The van der Waals surface area contributed by atoms with Crippen molar-refractivity contribution in [2.24, 2.45) is 0 Å². The Balaban J connectivity index is 2.40. The molecule has 0 N–H and O–H groups in total. The van der Waals surface area contributed by atoms with Gasteiger partial charge in [0.25, 0.3) is 0 Å². The number of esters is 1. The van der Waals surface area contributed by atoms with Gasteiger partial charge in [-0.05, 0) is 5.56 Å². The molecule has 0 aromatic heterocycles. The van der Waals surface area contributed by atoms with Crippen molar-refractivity contribution in [2.75, 3.05) is 7.11 Å². The zero-order chi connectivity index (χ0) is 14.4. The second kappa shape index (κ2) is 6.48. The summed E-state index contributed by atoms with van der Waals surface area (Å²) in [5.74, 6) is -0.754. The Kier molecular flexibility index (Phi) is 4.45.